The first-order valence-electron chi connectivity index (χ1n) is 13.6. The van der Waals surface area contributed by atoms with Crippen LogP contribution in [0.4, 0.5) is 4.79 Å². The van der Waals surface area contributed by atoms with Crippen LogP contribution >= 0.6 is 0 Å². The fourth-order valence-corrected chi connectivity index (χ4v) is 6.87. The molecule has 2 aliphatic heterocycles. The number of hydrogen-bond acceptors (Lipinski definition) is 6. The summed E-state index contributed by atoms with van der Waals surface area (Å²) in [6.45, 7) is 8.57. The van der Waals surface area contributed by atoms with Crippen LogP contribution in [-0.2, 0) is 14.3 Å². The van der Waals surface area contributed by atoms with Crippen molar-refractivity contribution < 1.29 is 19.1 Å². The third kappa shape index (κ3) is 5.54. The highest BCUT2D eigenvalue weighted by Gasteiger charge is 2.48. The lowest BCUT2D eigenvalue weighted by Gasteiger charge is -2.54. The molecule has 2 saturated carbocycles. The van der Waals surface area contributed by atoms with Gasteiger partial charge in [-0.05, 0) is 77.3 Å². The number of nitrogens with one attached hydrogen (secondary N) is 1. The molecule has 8 heteroatoms. The van der Waals surface area contributed by atoms with Crippen molar-refractivity contribution >= 4 is 12.0 Å². The number of methoxy groups -OCH3 is 1. The zero-order valence-electron chi connectivity index (χ0n) is 21.9. The van der Waals surface area contributed by atoms with Gasteiger partial charge < -0.3 is 24.2 Å². The Morgan fingerprint density at radius 3 is 2.56 bits per heavy atom. The van der Waals surface area contributed by atoms with E-state index in [0.717, 1.165) is 57.7 Å². The number of carbonyl (C=O) groups excluding carboxylic acids is 2. The smallest absolute Gasteiger partial charge is 0.410 e. The number of piperidine rings is 1. The molecule has 1 N–H and O–H groups in total. The van der Waals surface area contributed by atoms with Crippen LogP contribution in [0.3, 0.4) is 0 Å². The van der Waals surface area contributed by atoms with Gasteiger partial charge in [-0.3, -0.25) is 10.1 Å². The Balaban J connectivity index is 1.50. The summed E-state index contributed by atoms with van der Waals surface area (Å²) in [4.78, 5) is 32.7. The van der Waals surface area contributed by atoms with Gasteiger partial charge in [0.15, 0.2) is 0 Å². The second-order valence-corrected chi connectivity index (χ2v) is 11.1. The molecular formula is C26H46N4O4. The van der Waals surface area contributed by atoms with Crippen LogP contribution in [0.15, 0.2) is 0 Å². The molecule has 0 aromatic heterocycles. The number of fused-ring (bicyclic) bond motifs is 1. The van der Waals surface area contributed by atoms with Crippen LogP contribution in [0.1, 0.15) is 72.1 Å². The summed E-state index contributed by atoms with van der Waals surface area (Å²) < 4.78 is 11.6. The first kappa shape index (κ1) is 25.7. The van der Waals surface area contributed by atoms with Gasteiger partial charge in [0.25, 0.3) is 0 Å². The number of piperazine rings is 1. The van der Waals surface area contributed by atoms with E-state index in [1.165, 1.54) is 12.8 Å². The molecule has 2 heterocycles. The second-order valence-electron chi connectivity index (χ2n) is 11.1. The number of nitrogens with zero attached hydrogens (tertiary/aromatic N) is 3. The van der Waals surface area contributed by atoms with Gasteiger partial charge in [0.2, 0.25) is 5.91 Å². The SMILES string of the molecule is CCC(CN(C)C1CC1)C1CCC2C(C1)N(C(=O)OC1CCCNC1OC)C[C@H](C)N2C(C)=O. The first-order chi connectivity index (χ1) is 16.3. The van der Waals surface area contributed by atoms with Gasteiger partial charge >= 0.3 is 6.09 Å². The van der Waals surface area contributed by atoms with Crippen LogP contribution in [0.25, 0.3) is 0 Å². The van der Waals surface area contributed by atoms with Crippen molar-refractivity contribution in [3.05, 3.63) is 0 Å². The molecule has 2 aliphatic carbocycles. The second kappa shape index (κ2) is 11.1. The van der Waals surface area contributed by atoms with Gasteiger partial charge in [0, 0.05) is 39.2 Å². The molecule has 34 heavy (non-hydrogen) atoms. The minimum Gasteiger partial charge on any atom is -0.442 e. The lowest BCUT2D eigenvalue weighted by Crippen LogP contribution is -2.67. The Labute approximate surface area is 205 Å². The van der Waals surface area contributed by atoms with E-state index in [9.17, 15) is 9.59 Å². The highest BCUT2D eigenvalue weighted by Crippen LogP contribution is 2.40. The van der Waals surface area contributed by atoms with E-state index in [2.05, 4.69) is 31.1 Å². The summed E-state index contributed by atoms with van der Waals surface area (Å²) in [7, 11) is 3.92. The monoisotopic (exact) mass is 478 g/mol. The van der Waals surface area contributed by atoms with Gasteiger partial charge in [-0.1, -0.05) is 13.3 Å². The number of carbonyl (C=O) groups is 2. The number of hydrogen-bond donors (Lipinski definition) is 1. The fourth-order valence-electron chi connectivity index (χ4n) is 6.87. The molecule has 6 unspecified atom stereocenters. The number of rotatable bonds is 7. The molecule has 0 bridgehead atoms. The van der Waals surface area contributed by atoms with Crippen molar-refractivity contribution in [3.63, 3.8) is 0 Å². The van der Waals surface area contributed by atoms with Gasteiger partial charge in [-0.15, -0.1) is 0 Å². The summed E-state index contributed by atoms with van der Waals surface area (Å²) >= 11 is 0. The van der Waals surface area contributed by atoms with E-state index < -0.39 is 0 Å². The summed E-state index contributed by atoms with van der Waals surface area (Å²) in [5, 5.41) is 3.30. The third-order valence-electron chi connectivity index (χ3n) is 8.85. The van der Waals surface area contributed by atoms with Crippen LogP contribution < -0.4 is 5.32 Å². The molecule has 4 aliphatic rings. The summed E-state index contributed by atoms with van der Waals surface area (Å²) in [6, 6.07) is 0.850. The van der Waals surface area contributed by atoms with Crippen molar-refractivity contribution in [3.8, 4) is 0 Å². The lowest BCUT2D eigenvalue weighted by atomic mass is 9.72. The molecule has 194 valence electrons. The topological polar surface area (TPSA) is 74.4 Å². The van der Waals surface area contributed by atoms with E-state index in [-0.39, 0.29) is 42.5 Å². The molecule has 4 rings (SSSR count). The Hall–Kier alpha value is -1.38. The van der Waals surface area contributed by atoms with E-state index >= 15 is 0 Å². The summed E-state index contributed by atoms with van der Waals surface area (Å²) in [6.07, 6.45) is 7.82. The third-order valence-corrected chi connectivity index (χ3v) is 8.85. The molecule has 0 aromatic carbocycles. The number of amides is 2. The predicted molar refractivity (Wildman–Crippen MR) is 131 cm³/mol. The highest BCUT2D eigenvalue weighted by molar-refractivity contribution is 5.75. The predicted octanol–water partition coefficient (Wildman–Crippen LogP) is 3.06. The van der Waals surface area contributed by atoms with Crippen molar-refractivity contribution in [2.75, 3.05) is 33.8 Å². The van der Waals surface area contributed by atoms with E-state index in [4.69, 9.17) is 9.47 Å². The molecule has 8 nitrogen and oxygen atoms in total. The molecule has 0 spiro atoms. The highest BCUT2D eigenvalue weighted by atomic mass is 16.6. The Morgan fingerprint density at radius 2 is 1.91 bits per heavy atom. The Bertz CT molecular complexity index is 717. The van der Waals surface area contributed by atoms with Crippen molar-refractivity contribution in [1.82, 2.24) is 20.0 Å². The van der Waals surface area contributed by atoms with E-state index in [0.29, 0.717) is 18.4 Å². The van der Waals surface area contributed by atoms with Crippen molar-refractivity contribution in [2.24, 2.45) is 11.8 Å². The quantitative estimate of drug-likeness (QED) is 0.606. The molecule has 0 aromatic rings. The van der Waals surface area contributed by atoms with Gasteiger partial charge in [0.1, 0.15) is 12.3 Å². The summed E-state index contributed by atoms with van der Waals surface area (Å²) in [5.41, 5.74) is 0. The average Bonchev–Trinajstić information content (AvgIpc) is 3.67. The van der Waals surface area contributed by atoms with Crippen LogP contribution in [0, 0.1) is 11.8 Å². The minimum atomic E-state index is -0.277. The van der Waals surface area contributed by atoms with E-state index in [1.807, 2.05) is 9.80 Å². The average molecular weight is 479 g/mol. The molecule has 0 radical (unpaired) electrons. The van der Waals surface area contributed by atoms with Crippen LogP contribution in [0.5, 0.6) is 0 Å². The van der Waals surface area contributed by atoms with Crippen molar-refractivity contribution in [1.29, 1.82) is 0 Å². The molecule has 2 amide bonds. The lowest BCUT2D eigenvalue weighted by molar-refractivity contribution is -0.143. The number of ether oxygens (including phenoxy) is 2. The van der Waals surface area contributed by atoms with E-state index in [1.54, 1.807) is 14.0 Å². The van der Waals surface area contributed by atoms with Gasteiger partial charge in [0.05, 0.1) is 12.1 Å². The molecule has 4 fully saturated rings. The van der Waals surface area contributed by atoms with Crippen LogP contribution in [-0.4, -0.2) is 97.0 Å². The summed E-state index contributed by atoms with van der Waals surface area (Å²) in [5.74, 6) is 1.30. The maximum absolute atomic E-state index is 13.5. The molecular weight excluding hydrogens is 432 g/mol. The Morgan fingerprint density at radius 1 is 1.15 bits per heavy atom. The normalized spacial score (nSPS) is 35.1. The minimum absolute atomic E-state index is 0.00600. The maximum atomic E-state index is 13.5. The van der Waals surface area contributed by atoms with Crippen molar-refractivity contribution in [2.45, 2.75) is 109 Å². The molecule has 2 saturated heterocycles. The zero-order chi connectivity index (χ0) is 24.4. The van der Waals surface area contributed by atoms with Crippen LogP contribution in [0.2, 0.25) is 0 Å². The Kier molecular flexibility index (Phi) is 8.41. The maximum Gasteiger partial charge on any atom is 0.410 e. The first-order valence-corrected chi connectivity index (χ1v) is 13.6. The standard InChI is InChI=1S/C26H46N4O4/c1-6-19(16-28(4)21-10-11-21)20-9-12-22-23(14-20)29(15-17(2)30(22)18(3)31)26(32)34-24-8-7-13-27-25(24)33-5/h17,19-25,27H,6-16H2,1-5H3/t17-,19?,20?,22?,23?,24?,25?/m0/s1. The molecule has 7 atom stereocenters. The zero-order valence-corrected chi connectivity index (χ0v) is 21.9. The van der Waals surface area contributed by atoms with Gasteiger partial charge in [-0.25, -0.2) is 4.79 Å². The largest absolute Gasteiger partial charge is 0.442 e. The fraction of sp³-hybridized carbons (Fsp3) is 0.923. The van der Waals surface area contributed by atoms with Gasteiger partial charge in [-0.2, -0.15) is 0 Å².